The van der Waals surface area contributed by atoms with E-state index in [1.54, 1.807) is 18.2 Å². The van der Waals surface area contributed by atoms with Gasteiger partial charge in [0.25, 0.3) is 11.6 Å². The van der Waals surface area contributed by atoms with Crippen LogP contribution in [0.2, 0.25) is 5.02 Å². The smallest absolute Gasteiger partial charge is 0.316 e. The van der Waals surface area contributed by atoms with Crippen molar-refractivity contribution in [3.8, 4) is 11.7 Å². The van der Waals surface area contributed by atoms with Crippen LogP contribution in [0.3, 0.4) is 0 Å². The highest BCUT2D eigenvalue weighted by atomic mass is 35.5. The third-order valence-electron chi connectivity index (χ3n) is 2.83. The molecule has 2 heterocycles. The summed E-state index contributed by atoms with van der Waals surface area (Å²) in [5.41, 5.74) is 0.608. The van der Waals surface area contributed by atoms with Gasteiger partial charge in [-0.15, -0.1) is 5.10 Å². The number of aromatic nitrogens is 2. The first-order valence-electron chi connectivity index (χ1n) is 6.17. The number of non-ortho nitro benzene ring substituents is 1. The number of hydrogen-bond acceptors (Lipinski definition) is 7. The molecular weight excluding hydrogens is 312 g/mol. The van der Waals surface area contributed by atoms with Gasteiger partial charge in [0, 0.05) is 18.7 Å². The molecule has 9 heteroatoms. The molecule has 0 fully saturated rings. The number of anilines is 1. The van der Waals surface area contributed by atoms with E-state index >= 15 is 0 Å². The SMILES string of the molecule is O=[N+]([O-])c1ccc(CNc2nnc(-c3ccco3)o2)c(Cl)c1. The van der Waals surface area contributed by atoms with Gasteiger partial charge in [-0.2, -0.15) is 0 Å². The second-order valence-corrected chi connectivity index (χ2v) is 4.68. The standard InChI is InChI=1S/C13H9ClN4O4/c14-10-6-9(18(19)20)4-3-8(10)7-15-13-17-16-12(22-13)11-2-1-5-21-11/h1-6H,7H2,(H,15,17). The Morgan fingerprint density at radius 2 is 2.18 bits per heavy atom. The van der Waals surface area contributed by atoms with Crippen molar-refractivity contribution in [2.45, 2.75) is 6.54 Å². The summed E-state index contributed by atoms with van der Waals surface area (Å²) in [5.74, 6) is 0.719. The first-order chi connectivity index (χ1) is 10.6. The highest BCUT2D eigenvalue weighted by Gasteiger charge is 2.12. The van der Waals surface area contributed by atoms with Gasteiger partial charge in [-0.25, -0.2) is 0 Å². The van der Waals surface area contributed by atoms with Crippen LogP contribution in [0.15, 0.2) is 45.4 Å². The molecule has 1 aromatic carbocycles. The van der Waals surface area contributed by atoms with Gasteiger partial charge in [0.1, 0.15) is 0 Å². The number of hydrogen-bond donors (Lipinski definition) is 1. The summed E-state index contributed by atoms with van der Waals surface area (Å²) >= 11 is 6.00. The molecule has 0 amide bonds. The average molecular weight is 321 g/mol. The molecule has 2 aromatic heterocycles. The second-order valence-electron chi connectivity index (χ2n) is 4.28. The molecule has 0 saturated carbocycles. The molecule has 1 N–H and O–H groups in total. The van der Waals surface area contributed by atoms with Crippen LogP contribution in [0.4, 0.5) is 11.7 Å². The highest BCUT2D eigenvalue weighted by molar-refractivity contribution is 6.31. The van der Waals surface area contributed by atoms with E-state index in [9.17, 15) is 10.1 Å². The van der Waals surface area contributed by atoms with Crippen LogP contribution in [0.1, 0.15) is 5.56 Å². The van der Waals surface area contributed by atoms with Gasteiger partial charge < -0.3 is 14.2 Å². The number of benzene rings is 1. The van der Waals surface area contributed by atoms with Crippen molar-refractivity contribution in [3.05, 3.63) is 57.3 Å². The number of halogens is 1. The van der Waals surface area contributed by atoms with E-state index < -0.39 is 4.92 Å². The largest absolute Gasteiger partial charge is 0.459 e. The van der Waals surface area contributed by atoms with Crippen molar-refractivity contribution in [1.82, 2.24) is 10.2 Å². The van der Waals surface area contributed by atoms with E-state index in [1.165, 1.54) is 18.4 Å². The maximum absolute atomic E-state index is 10.6. The average Bonchev–Trinajstić information content (AvgIpc) is 3.16. The summed E-state index contributed by atoms with van der Waals surface area (Å²) in [6.45, 7) is 0.288. The number of nitrogens with one attached hydrogen (secondary N) is 1. The van der Waals surface area contributed by atoms with Crippen molar-refractivity contribution in [3.63, 3.8) is 0 Å². The molecule has 22 heavy (non-hydrogen) atoms. The number of furan rings is 1. The summed E-state index contributed by atoms with van der Waals surface area (Å²) < 4.78 is 10.5. The number of nitrogens with zero attached hydrogens (tertiary/aromatic N) is 3. The Kier molecular flexibility index (Phi) is 3.75. The predicted molar refractivity (Wildman–Crippen MR) is 77.4 cm³/mol. The summed E-state index contributed by atoms with van der Waals surface area (Å²) in [6.07, 6.45) is 1.50. The Labute approximate surface area is 128 Å². The van der Waals surface area contributed by atoms with Crippen molar-refractivity contribution < 1.29 is 13.8 Å². The number of rotatable bonds is 5. The second kappa shape index (κ2) is 5.86. The zero-order valence-electron chi connectivity index (χ0n) is 11.0. The molecule has 0 spiro atoms. The van der Waals surface area contributed by atoms with Gasteiger partial charge in [0.15, 0.2) is 5.76 Å². The van der Waals surface area contributed by atoms with E-state index in [0.717, 1.165) is 0 Å². The molecule has 0 atom stereocenters. The normalized spacial score (nSPS) is 10.6. The van der Waals surface area contributed by atoms with Crippen LogP contribution in [-0.4, -0.2) is 15.1 Å². The first-order valence-corrected chi connectivity index (χ1v) is 6.55. The molecule has 0 saturated heterocycles. The molecule has 8 nitrogen and oxygen atoms in total. The lowest BCUT2D eigenvalue weighted by molar-refractivity contribution is -0.384. The van der Waals surface area contributed by atoms with E-state index in [1.807, 2.05) is 0 Å². The lowest BCUT2D eigenvalue weighted by atomic mass is 10.2. The maximum Gasteiger partial charge on any atom is 0.316 e. The third-order valence-corrected chi connectivity index (χ3v) is 3.19. The first kappa shape index (κ1) is 14.1. The summed E-state index contributed by atoms with van der Waals surface area (Å²) in [4.78, 5) is 10.1. The number of nitro benzene ring substituents is 1. The Balaban J connectivity index is 1.69. The van der Waals surface area contributed by atoms with Crippen molar-refractivity contribution in [2.75, 3.05) is 5.32 Å². The molecule has 0 radical (unpaired) electrons. The minimum atomic E-state index is -0.503. The molecule has 3 rings (SSSR count). The molecule has 3 aromatic rings. The molecule has 0 unspecified atom stereocenters. The fourth-order valence-corrected chi connectivity index (χ4v) is 2.00. The molecule has 112 valence electrons. The zero-order chi connectivity index (χ0) is 15.5. The van der Waals surface area contributed by atoms with Crippen LogP contribution in [-0.2, 0) is 6.54 Å². The molecule has 0 aliphatic carbocycles. The summed E-state index contributed by atoms with van der Waals surface area (Å²) in [7, 11) is 0. The Bertz CT molecular complexity index is 800. The van der Waals surface area contributed by atoms with Crippen LogP contribution in [0, 0.1) is 10.1 Å². The van der Waals surface area contributed by atoms with Crippen LogP contribution >= 0.6 is 11.6 Å². The Hall–Kier alpha value is -2.87. The van der Waals surface area contributed by atoms with E-state index in [2.05, 4.69) is 15.5 Å². The lowest BCUT2D eigenvalue weighted by Crippen LogP contribution is -2.01. The predicted octanol–water partition coefficient (Wildman–Crippen LogP) is 3.50. The fraction of sp³-hybridized carbons (Fsp3) is 0.0769. The van der Waals surface area contributed by atoms with E-state index in [-0.39, 0.29) is 29.2 Å². The van der Waals surface area contributed by atoms with Gasteiger partial charge in [0.2, 0.25) is 0 Å². The fourth-order valence-electron chi connectivity index (χ4n) is 1.76. The molecular formula is C13H9ClN4O4. The highest BCUT2D eigenvalue weighted by Crippen LogP contribution is 2.24. The van der Waals surface area contributed by atoms with Gasteiger partial charge in [-0.1, -0.05) is 16.7 Å². The van der Waals surface area contributed by atoms with Gasteiger partial charge >= 0.3 is 6.01 Å². The quantitative estimate of drug-likeness (QED) is 0.566. The molecule has 0 aliphatic heterocycles. The zero-order valence-corrected chi connectivity index (χ0v) is 11.8. The van der Waals surface area contributed by atoms with Gasteiger partial charge in [-0.05, 0) is 23.8 Å². The lowest BCUT2D eigenvalue weighted by Gasteiger charge is -2.04. The summed E-state index contributed by atoms with van der Waals surface area (Å²) in [5, 5.41) is 21.5. The number of nitro groups is 1. The van der Waals surface area contributed by atoms with Crippen molar-refractivity contribution >= 4 is 23.3 Å². The van der Waals surface area contributed by atoms with E-state index in [4.69, 9.17) is 20.4 Å². The van der Waals surface area contributed by atoms with Crippen LogP contribution < -0.4 is 5.32 Å². The minimum absolute atomic E-state index is 0.0633. The van der Waals surface area contributed by atoms with Crippen LogP contribution in [0.25, 0.3) is 11.7 Å². The molecule has 0 aliphatic rings. The van der Waals surface area contributed by atoms with Crippen molar-refractivity contribution in [1.29, 1.82) is 0 Å². The Morgan fingerprint density at radius 1 is 1.32 bits per heavy atom. The van der Waals surface area contributed by atoms with Gasteiger partial charge in [-0.3, -0.25) is 10.1 Å². The van der Waals surface area contributed by atoms with Crippen LogP contribution in [0.5, 0.6) is 0 Å². The monoisotopic (exact) mass is 320 g/mol. The summed E-state index contributed by atoms with van der Waals surface area (Å²) in [6, 6.07) is 7.84. The van der Waals surface area contributed by atoms with Crippen molar-refractivity contribution in [2.24, 2.45) is 0 Å². The Morgan fingerprint density at radius 3 is 2.86 bits per heavy atom. The molecule has 0 bridgehead atoms. The van der Waals surface area contributed by atoms with E-state index in [0.29, 0.717) is 11.3 Å². The third kappa shape index (κ3) is 2.91. The topological polar surface area (TPSA) is 107 Å². The maximum atomic E-state index is 10.6. The van der Waals surface area contributed by atoms with Gasteiger partial charge in [0.05, 0.1) is 16.2 Å². The minimum Gasteiger partial charge on any atom is -0.459 e.